The third-order valence-electron chi connectivity index (χ3n) is 3.80. The molecular weight excluding hydrogens is 278 g/mol. The molecule has 0 bridgehead atoms. The van der Waals surface area contributed by atoms with Gasteiger partial charge in [0, 0.05) is 36.6 Å². The van der Waals surface area contributed by atoms with Crippen LogP contribution in [0.25, 0.3) is 0 Å². The van der Waals surface area contributed by atoms with Crippen LogP contribution in [0.2, 0.25) is 0 Å². The molecule has 0 aliphatic carbocycles. The number of rotatable bonds is 5. The van der Waals surface area contributed by atoms with Crippen LogP contribution in [0.4, 0.5) is 0 Å². The summed E-state index contributed by atoms with van der Waals surface area (Å²) in [6, 6.07) is 0. The lowest BCUT2D eigenvalue weighted by molar-refractivity contribution is -0.126. The van der Waals surface area contributed by atoms with Crippen LogP contribution in [-0.2, 0) is 31.5 Å². The van der Waals surface area contributed by atoms with E-state index in [0.29, 0.717) is 13.1 Å². The van der Waals surface area contributed by atoms with Crippen molar-refractivity contribution < 1.29 is 4.79 Å². The van der Waals surface area contributed by atoms with Gasteiger partial charge in [0.05, 0.1) is 25.0 Å². The highest BCUT2D eigenvalue weighted by atomic mass is 16.2. The highest BCUT2D eigenvalue weighted by molar-refractivity contribution is 5.92. The molecule has 0 spiro atoms. The molecule has 116 valence electrons. The van der Waals surface area contributed by atoms with Crippen LogP contribution in [0.3, 0.4) is 0 Å². The molecule has 6 nitrogen and oxygen atoms in total. The largest absolute Gasteiger partial charge is 0.323 e. The molecule has 2 heterocycles. The monoisotopic (exact) mass is 299 g/mol. The van der Waals surface area contributed by atoms with E-state index in [9.17, 15) is 4.79 Å². The molecule has 0 fully saturated rings. The Labute approximate surface area is 130 Å². The van der Waals surface area contributed by atoms with Crippen LogP contribution in [0, 0.1) is 26.2 Å². The Balaban J connectivity index is 2.23. The van der Waals surface area contributed by atoms with E-state index >= 15 is 0 Å². The average Bonchev–Trinajstić information content (AvgIpc) is 3.05. The predicted octanol–water partition coefficient (Wildman–Crippen LogP) is 1.42. The van der Waals surface area contributed by atoms with Crippen molar-refractivity contribution >= 4 is 5.91 Å². The van der Waals surface area contributed by atoms with E-state index in [2.05, 4.69) is 16.1 Å². The van der Waals surface area contributed by atoms with Crippen LogP contribution in [0.5, 0.6) is 0 Å². The zero-order valence-electron chi connectivity index (χ0n) is 13.5. The topological polar surface area (TPSA) is 56.0 Å². The molecule has 0 aromatic carbocycles. The van der Waals surface area contributed by atoms with Crippen LogP contribution in [-0.4, -0.2) is 30.4 Å². The molecule has 1 amide bonds. The first kappa shape index (κ1) is 15.8. The van der Waals surface area contributed by atoms with Gasteiger partial charge < -0.3 is 4.90 Å². The van der Waals surface area contributed by atoms with Gasteiger partial charge in [0.15, 0.2) is 0 Å². The fourth-order valence-electron chi connectivity index (χ4n) is 2.41. The van der Waals surface area contributed by atoms with Gasteiger partial charge in [-0.3, -0.25) is 14.2 Å². The molecule has 0 radical (unpaired) electrons. The minimum absolute atomic E-state index is 0.327. The molecule has 0 saturated carbocycles. The van der Waals surface area contributed by atoms with E-state index in [0.717, 1.165) is 29.1 Å². The Hall–Kier alpha value is -2.55. The van der Waals surface area contributed by atoms with Crippen LogP contribution >= 0.6 is 0 Å². The minimum atomic E-state index is -0.327. The van der Waals surface area contributed by atoms with Crippen molar-refractivity contribution in [3.05, 3.63) is 34.9 Å². The molecule has 0 saturated heterocycles. The fourth-order valence-corrected chi connectivity index (χ4v) is 2.41. The molecule has 0 atom stereocenters. The summed E-state index contributed by atoms with van der Waals surface area (Å²) in [5.74, 6) is 1.88. The number of carbonyl (C=O) groups is 1. The first-order chi connectivity index (χ1) is 10.5. The maximum absolute atomic E-state index is 12.1. The molecule has 0 aliphatic rings. The fraction of sp³-hybridized carbons (Fsp3) is 0.438. The van der Waals surface area contributed by atoms with E-state index in [1.54, 1.807) is 11.1 Å². The van der Waals surface area contributed by atoms with Gasteiger partial charge in [-0.05, 0) is 26.7 Å². The van der Waals surface area contributed by atoms with E-state index in [1.807, 2.05) is 43.4 Å². The van der Waals surface area contributed by atoms with E-state index < -0.39 is 0 Å². The third-order valence-corrected chi connectivity index (χ3v) is 3.80. The Morgan fingerprint density at radius 1 is 1.41 bits per heavy atom. The number of hydrogen-bond acceptors (Lipinski definition) is 3. The van der Waals surface area contributed by atoms with E-state index in [4.69, 9.17) is 6.42 Å². The maximum atomic E-state index is 12.1. The zero-order valence-corrected chi connectivity index (χ0v) is 13.5. The van der Waals surface area contributed by atoms with Gasteiger partial charge in [-0.1, -0.05) is 0 Å². The van der Waals surface area contributed by atoms with Gasteiger partial charge in [-0.2, -0.15) is 10.2 Å². The number of hydrogen-bond donors (Lipinski definition) is 0. The van der Waals surface area contributed by atoms with Crippen molar-refractivity contribution in [3.8, 4) is 12.3 Å². The Bertz CT molecular complexity index is 719. The minimum Gasteiger partial charge on any atom is -0.323 e. The summed E-state index contributed by atoms with van der Waals surface area (Å²) < 4.78 is 3.65. The molecule has 2 aromatic heterocycles. The number of amides is 1. The summed E-state index contributed by atoms with van der Waals surface area (Å²) in [7, 11) is 1.89. The summed E-state index contributed by atoms with van der Waals surface area (Å²) in [5, 5.41) is 8.61. The van der Waals surface area contributed by atoms with Gasteiger partial charge in [0.2, 0.25) is 0 Å². The van der Waals surface area contributed by atoms with Crippen molar-refractivity contribution in [2.24, 2.45) is 7.05 Å². The SMILES string of the molecule is C#CC(=O)N(Cc1cnn(CC)c1)Cc1c(C)nn(C)c1C. The number of carbonyl (C=O) groups excluding carboxylic acids is 1. The highest BCUT2D eigenvalue weighted by Gasteiger charge is 2.18. The van der Waals surface area contributed by atoms with Crippen molar-refractivity contribution in [1.29, 1.82) is 0 Å². The van der Waals surface area contributed by atoms with Gasteiger partial charge in [0.25, 0.3) is 5.91 Å². The quantitative estimate of drug-likeness (QED) is 0.785. The lowest BCUT2D eigenvalue weighted by Crippen LogP contribution is -2.29. The first-order valence-electron chi connectivity index (χ1n) is 7.22. The van der Waals surface area contributed by atoms with Gasteiger partial charge in [0.1, 0.15) is 0 Å². The third kappa shape index (κ3) is 3.19. The lowest BCUT2D eigenvalue weighted by Gasteiger charge is -2.19. The molecule has 0 N–H and O–H groups in total. The number of nitrogens with zero attached hydrogens (tertiary/aromatic N) is 5. The second kappa shape index (κ2) is 6.48. The Morgan fingerprint density at radius 3 is 2.64 bits per heavy atom. The molecule has 2 aromatic rings. The van der Waals surface area contributed by atoms with E-state index in [-0.39, 0.29) is 5.91 Å². The van der Waals surface area contributed by atoms with Crippen molar-refractivity contribution in [3.63, 3.8) is 0 Å². The standard InChI is InChI=1S/C16H21N5O/c1-6-16(22)20(9-14-8-17-21(7-2)10-14)11-15-12(3)18-19(5)13(15)4/h1,8,10H,7,9,11H2,2-5H3. The van der Waals surface area contributed by atoms with Gasteiger partial charge >= 0.3 is 0 Å². The number of terminal acetylenes is 1. The second-order valence-electron chi connectivity index (χ2n) is 5.28. The first-order valence-corrected chi connectivity index (χ1v) is 7.22. The van der Waals surface area contributed by atoms with Gasteiger partial charge in [-0.25, -0.2) is 0 Å². The molecule has 0 aliphatic heterocycles. The molecular formula is C16H21N5O. The maximum Gasteiger partial charge on any atom is 0.298 e. The summed E-state index contributed by atoms with van der Waals surface area (Å²) in [6.07, 6.45) is 9.01. The summed E-state index contributed by atoms with van der Waals surface area (Å²) in [5.41, 5.74) is 3.95. The predicted molar refractivity (Wildman–Crippen MR) is 83.7 cm³/mol. The number of aryl methyl sites for hydroxylation is 3. The summed E-state index contributed by atoms with van der Waals surface area (Å²) in [4.78, 5) is 13.7. The Morgan fingerprint density at radius 2 is 2.14 bits per heavy atom. The second-order valence-corrected chi connectivity index (χ2v) is 5.28. The summed E-state index contributed by atoms with van der Waals surface area (Å²) >= 11 is 0. The molecule has 0 unspecified atom stereocenters. The van der Waals surface area contributed by atoms with E-state index in [1.165, 1.54) is 0 Å². The van der Waals surface area contributed by atoms with Crippen LogP contribution in [0.1, 0.15) is 29.4 Å². The van der Waals surface area contributed by atoms with Crippen LogP contribution < -0.4 is 0 Å². The lowest BCUT2D eigenvalue weighted by atomic mass is 10.1. The zero-order chi connectivity index (χ0) is 16.3. The summed E-state index contributed by atoms with van der Waals surface area (Å²) in [6.45, 7) is 7.63. The van der Waals surface area contributed by atoms with Crippen LogP contribution in [0.15, 0.2) is 12.4 Å². The highest BCUT2D eigenvalue weighted by Crippen LogP contribution is 2.16. The normalized spacial score (nSPS) is 10.5. The average molecular weight is 299 g/mol. The Kier molecular flexibility index (Phi) is 4.66. The molecule has 2 rings (SSSR count). The number of aromatic nitrogens is 4. The van der Waals surface area contributed by atoms with Gasteiger partial charge in [-0.15, -0.1) is 6.42 Å². The molecule has 6 heteroatoms. The smallest absolute Gasteiger partial charge is 0.298 e. The molecule has 22 heavy (non-hydrogen) atoms. The van der Waals surface area contributed by atoms with Crippen molar-refractivity contribution in [2.75, 3.05) is 0 Å². The van der Waals surface area contributed by atoms with Crippen molar-refractivity contribution in [1.82, 2.24) is 24.5 Å². The van der Waals surface area contributed by atoms with Crippen molar-refractivity contribution in [2.45, 2.75) is 40.4 Å².